The number of fused-ring (bicyclic) bond motifs is 1. The molecule has 8 nitrogen and oxygen atoms in total. The number of aryl methyl sites for hydroxylation is 1. The number of aromatic nitrogens is 2. The number of likely N-dealkylation sites (tertiary alicyclic amines) is 1. The maximum Gasteiger partial charge on any atom is 0.248 e. The summed E-state index contributed by atoms with van der Waals surface area (Å²) in [5, 5.41) is 11.1. The quantitative estimate of drug-likeness (QED) is 0.780. The van der Waals surface area contributed by atoms with Gasteiger partial charge in [0.25, 0.3) is 0 Å². The number of methoxy groups -OCH3 is 1. The number of hydrogen-bond acceptors (Lipinski definition) is 7. The summed E-state index contributed by atoms with van der Waals surface area (Å²) >= 11 is 1.59. The zero-order valence-electron chi connectivity index (χ0n) is 16.0. The molecule has 1 aliphatic carbocycles. The van der Waals surface area contributed by atoms with Crippen LogP contribution in [0.15, 0.2) is 21.3 Å². The predicted octanol–water partition coefficient (Wildman–Crippen LogP) is 1.30. The standard InChI is InChI=1S/C19H24N4O4S/c1-12-20-18(27-22-12)19-7-15(21-16(24)5-13-3-4-28-10-13)6-14(19)8-23(11-19)17(25)9-26-2/h3-4,10,14-15H,5-9,11H2,1-2H3,(H,21,24)/t14?,15-,19+/m1/s1. The van der Waals surface area contributed by atoms with Gasteiger partial charge in [-0.15, -0.1) is 0 Å². The number of ether oxygens (including phenoxy) is 1. The minimum Gasteiger partial charge on any atom is -0.375 e. The van der Waals surface area contributed by atoms with E-state index < -0.39 is 5.41 Å². The summed E-state index contributed by atoms with van der Waals surface area (Å²) in [6, 6.07) is 2.00. The summed E-state index contributed by atoms with van der Waals surface area (Å²) in [6.45, 7) is 2.97. The smallest absolute Gasteiger partial charge is 0.248 e. The van der Waals surface area contributed by atoms with Crippen molar-refractivity contribution in [1.82, 2.24) is 20.4 Å². The highest BCUT2D eigenvalue weighted by Crippen LogP contribution is 2.50. The molecule has 2 aromatic heterocycles. The topological polar surface area (TPSA) is 97.6 Å². The molecule has 0 bridgehead atoms. The summed E-state index contributed by atoms with van der Waals surface area (Å²) in [5.41, 5.74) is 0.615. The van der Waals surface area contributed by atoms with Crippen molar-refractivity contribution < 1.29 is 18.8 Å². The predicted molar refractivity (Wildman–Crippen MR) is 102 cm³/mol. The molecule has 1 unspecified atom stereocenters. The van der Waals surface area contributed by atoms with Gasteiger partial charge in [0.05, 0.1) is 11.8 Å². The van der Waals surface area contributed by atoms with Crippen molar-refractivity contribution >= 4 is 23.2 Å². The fraction of sp³-hybridized carbons (Fsp3) is 0.579. The lowest BCUT2D eigenvalue weighted by atomic mass is 9.80. The van der Waals surface area contributed by atoms with Crippen LogP contribution in [-0.2, 0) is 26.2 Å². The zero-order chi connectivity index (χ0) is 19.7. The van der Waals surface area contributed by atoms with E-state index in [1.54, 1.807) is 18.3 Å². The Morgan fingerprint density at radius 3 is 3.04 bits per heavy atom. The minimum absolute atomic E-state index is 0.0209. The Labute approximate surface area is 167 Å². The highest BCUT2D eigenvalue weighted by Gasteiger charge is 2.58. The Morgan fingerprint density at radius 2 is 2.36 bits per heavy atom. The molecule has 2 amide bonds. The zero-order valence-corrected chi connectivity index (χ0v) is 16.8. The van der Waals surface area contributed by atoms with Crippen LogP contribution >= 0.6 is 11.3 Å². The van der Waals surface area contributed by atoms with Gasteiger partial charge in [-0.3, -0.25) is 9.59 Å². The van der Waals surface area contributed by atoms with E-state index in [2.05, 4.69) is 15.5 Å². The monoisotopic (exact) mass is 404 g/mol. The molecule has 2 aromatic rings. The average Bonchev–Trinajstić information content (AvgIpc) is 3.39. The number of nitrogens with one attached hydrogen (secondary N) is 1. The van der Waals surface area contributed by atoms with Gasteiger partial charge in [-0.05, 0) is 48.1 Å². The molecule has 0 aromatic carbocycles. The third-order valence-electron chi connectivity index (χ3n) is 5.76. The molecule has 1 saturated carbocycles. The van der Waals surface area contributed by atoms with E-state index in [-0.39, 0.29) is 30.4 Å². The first kappa shape index (κ1) is 19.1. The van der Waals surface area contributed by atoms with E-state index >= 15 is 0 Å². The second-order valence-electron chi connectivity index (χ2n) is 7.72. The van der Waals surface area contributed by atoms with E-state index in [1.807, 2.05) is 21.7 Å². The summed E-state index contributed by atoms with van der Waals surface area (Å²) in [6.07, 6.45) is 1.86. The van der Waals surface area contributed by atoms with Crippen LogP contribution in [0, 0.1) is 12.8 Å². The summed E-state index contributed by atoms with van der Waals surface area (Å²) in [7, 11) is 1.52. The summed E-state index contributed by atoms with van der Waals surface area (Å²) in [4.78, 5) is 31.1. The Morgan fingerprint density at radius 1 is 1.50 bits per heavy atom. The average molecular weight is 404 g/mol. The molecular weight excluding hydrogens is 380 g/mol. The number of thiophene rings is 1. The SMILES string of the molecule is COCC(=O)N1CC2C[C@@H](NC(=O)Cc3ccsc3)C[C@]2(c2nc(C)no2)C1. The van der Waals surface area contributed by atoms with Crippen LogP contribution in [0.5, 0.6) is 0 Å². The van der Waals surface area contributed by atoms with Gasteiger partial charge in [0.15, 0.2) is 5.82 Å². The highest BCUT2D eigenvalue weighted by molar-refractivity contribution is 7.08. The van der Waals surface area contributed by atoms with Crippen LogP contribution in [0.3, 0.4) is 0 Å². The molecule has 3 atom stereocenters. The Kier molecular flexibility index (Phi) is 5.20. The van der Waals surface area contributed by atoms with E-state index in [9.17, 15) is 9.59 Å². The van der Waals surface area contributed by atoms with Crippen LogP contribution in [0.25, 0.3) is 0 Å². The van der Waals surface area contributed by atoms with Crippen LogP contribution in [-0.4, -0.2) is 59.7 Å². The van der Waals surface area contributed by atoms with E-state index in [4.69, 9.17) is 9.26 Å². The van der Waals surface area contributed by atoms with Gasteiger partial charge in [0.2, 0.25) is 17.7 Å². The first-order valence-corrected chi connectivity index (χ1v) is 10.3. The Balaban J connectivity index is 1.49. The third-order valence-corrected chi connectivity index (χ3v) is 6.49. The highest BCUT2D eigenvalue weighted by atomic mass is 32.1. The van der Waals surface area contributed by atoms with Crippen molar-refractivity contribution in [2.75, 3.05) is 26.8 Å². The molecule has 28 heavy (non-hydrogen) atoms. The maximum atomic E-state index is 12.4. The van der Waals surface area contributed by atoms with Crippen LogP contribution in [0.2, 0.25) is 0 Å². The van der Waals surface area contributed by atoms with Crippen molar-refractivity contribution in [1.29, 1.82) is 0 Å². The molecule has 9 heteroatoms. The van der Waals surface area contributed by atoms with Gasteiger partial charge < -0.3 is 19.5 Å². The molecule has 0 radical (unpaired) electrons. The number of rotatable bonds is 6. The third kappa shape index (κ3) is 3.56. The molecule has 150 valence electrons. The van der Waals surface area contributed by atoms with Crippen LogP contribution < -0.4 is 5.32 Å². The van der Waals surface area contributed by atoms with E-state index in [0.717, 1.165) is 12.0 Å². The minimum atomic E-state index is -0.412. The fourth-order valence-electron chi connectivity index (χ4n) is 4.57. The Hall–Kier alpha value is -2.26. The first-order chi connectivity index (χ1) is 13.5. The maximum absolute atomic E-state index is 12.4. The molecule has 2 aliphatic rings. The van der Waals surface area contributed by atoms with Crippen molar-refractivity contribution in [3.63, 3.8) is 0 Å². The largest absolute Gasteiger partial charge is 0.375 e. The molecule has 4 rings (SSSR count). The molecular formula is C19H24N4O4S. The number of nitrogens with zero attached hydrogens (tertiary/aromatic N) is 3. The van der Waals surface area contributed by atoms with Crippen LogP contribution in [0.1, 0.15) is 30.1 Å². The van der Waals surface area contributed by atoms with Gasteiger partial charge in [-0.25, -0.2) is 0 Å². The van der Waals surface area contributed by atoms with Crippen molar-refractivity contribution in [2.45, 2.75) is 37.6 Å². The molecule has 2 fully saturated rings. The molecule has 1 saturated heterocycles. The van der Waals surface area contributed by atoms with Gasteiger partial charge in [0.1, 0.15) is 6.61 Å². The van der Waals surface area contributed by atoms with Crippen molar-refractivity contribution in [3.8, 4) is 0 Å². The Bertz CT molecular complexity index is 852. The van der Waals surface area contributed by atoms with E-state index in [1.165, 1.54) is 7.11 Å². The lowest BCUT2D eigenvalue weighted by Gasteiger charge is -2.25. The van der Waals surface area contributed by atoms with Crippen molar-refractivity contribution in [3.05, 3.63) is 34.1 Å². The second kappa shape index (κ2) is 7.63. The lowest BCUT2D eigenvalue weighted by Crippen LogP contribution is -2.40. The molecule has 1 aliphatic heterocycles. The number of carbonyl (C=O) groups is 2. The van der Waals surface area contributed by atoms with Gasteiger partial charge in [-0.1, -0.05) is 5.16 Å². The van der Waals surface area contributed by atoms with Crippen LogP contribution in [0.4, 0.5) is 0 Å². The van der Waals surface area contributed by atoms with Gasteiger partial charge in [-0.2, -0.15) is 16.3 Å². The van der Waals surface area contributed by atoms with Gasteiger partial charge >= 0.3 is 0 Å². The summed E-state index contributed by atoms with van der Waals surface area (Å²) < 4.78 is 10.5. The van der Waals surface area contributed by atoms with Crippen molar-refractivity contribution in [2.24, 2.45) is 5.92 Å². The van der Waals surface area contributed by atoms with Gasteiger partial charge in [0, 0.05) is 26.2 Å². The lowest BCUT2D eigenvalue weighted by molar-refractivity contribution is -0.134. The normalized spacial score (nSPS) is 26.4. The second-order valence-corrected chi connectivity index (χ2v) is 8.50. The number of amides is 2. The van der Waals surface area contributed by atoms with E-state index in [0.29, 0.717) is 37.6 Å². The number of carbonyl (C=O) groups excluding carboxylic acids is 2. The molecule has 1 N–H and O–H groups in total. The molecule has 3 heterocycles. The summed E-state index contributed by atoms with van der Waals surface area (Å²) in [5.74, 6) is 1.30. The number of hydrogen-bond donors (Lipinski definition) is 1. The fourth-order valence-corrected chi connectivity index (χ4v) is 5.24. The first-order valence-electron chi connectivity index (χ1n) is 9.38. The molecule has 0 spiro atoms.